The molecule has 5 aliphatic carbocycles. The highest BCUT2D eigenvalue weighted by Crippen LogP contribution is 2.60. The standard InChI is InChI=1S/C17H25N3/c1-2-14(1)18-9-15-10-19-16(20-15)17-6-11-3-12(7-17)5-13(4-11)8-17/h10-14,18H,1-9H2,(H,19,20). The van der Waals surface area contributed by atoms with Gasteiger partial charge in [-0.3, -0.25) is 0 Å². The first-order chi connectivity index (χ1) is 9.79. The van der Waals surface area contributed by atoms with E-state index in [1.165, 1.54) is 62.9 Å². The van der Waals surface area contributed by atoms with Crippen LogP contribution in [0, 0.1) is 17.8 Å². The Bertz CT molecular complexity index is 479. The third-order valence-electron chi connectivity index (χ3n) is 6.33. The van der Waals surface area contributed by atoms with Gasteiger partial charge in [0.25, 0.3) is 0 Å². The van der Waals surface area contributed by atoms with Crippen LogP contribution in [0.5, 0.6) is 0 Å². The van der Waals surface area contributed by atoms with Gasteiger partial charge in [-0.05, 0) is 69.1 Å². The van der Waals surface area contributed by atoms with Gasteiger partial charge in [0.15, 0.2) is 0 Å². The van der Waals surface area contributed by atoms with Crippen molar-refractivity contribution in [3.63, 3.8) is 0 Å². The fourth-order valence-electron chi connectivity index (χ4n) is 5.66. The number of imidazole rings is 1. The largest absolute Gasteiger partial charge is 0.344 e. The molecule has 0 amide bonds. The van der Waals surface area contributed by atoms with Crippen molar-refractivity contribution in [3.05, 3.63) is 17.7 Å². The Labute approximate surface area is 120 Å². The molecule has 3 heteroatoms. The number of aromatic amines is 1. The van der Waals surface area contributed by atoms with Gasteiger partial charge in [0.2, 0.25) is 0 Å². The summed E-state index contributed by atoms with van der Waals surface area (Å²) in [6, 6.07) is 0.779. The number of hydrogen-bond donors (Lipinski definition) is 2. The molecular weight excluding hydrogens is 246 g/mol. The molecule has 0 atom stereocenters. The van der Waals surface area contributed by atoms with Crippen LogP contribution in [-0.2, 0) is 12.0 Å². The summed E-state index contributed by atoms with van der Waals surface area (Å²) in [6.45, 7) is 0.976. The number of nitrogens with zero attached hydrogens (tertiary/aromatic N) is 1. The monoisotopic (exact) mass is 271 g/mol. The Hall–Kier alpha value is -0.830. The van der Waals surface area contributed by atoms with Crippen LogP contribution in [-0.4, -0.2) is 16.0 Å². The molecule has 108 valence electrons. The van der Waals surface area contributed by atoms with Crippen molar-refractivity contribution in [1.29, 1.82) is 0 Å². The minimum absolute atomic E-state index is 0.423. The van der Waals surface area contributed by atoms with Crippen LogP contribution in [0.25, 0.3) is 0 Å². The molecule has 1 aromatic heterocycles. The Morgan fingerprint density at radius 1 is 1.10 bits per heavy atom. The van der Waals surface area contributed by atoms with Crippen LogP contribution in [0.1, 0.15) is 62.9 Å². The maximum absolute atomic E-state index is 4.81. The van der Waals surface area contributed by atoms with Gasteiger partial charge >= 0.3 is 0 Å². The zero-order chi connectivity index (χ0) is 13.2. The SMILES string of the molecule is c1nc(C23CC4CC(CC(C4)C2)C3)[nH]c1CNC1CC1. The average molecular weight is 271 g/mol. The van der Waals surface area contributed by atoms with Gasteiger partial charge < -0.3 is 10.3 Å². The molecule has 0 aromatic carbocycles. The van der Waals surface area contributed by atoms with Crippen molar-refractivity contribution in [2.45, 2.75) is 69.4 Å². The van der Waals surface area contributed by atoms with Crippen LogP contribution >= 0.6 is 0 Å². The highest BCUT2D eigenvalue weighted by Gasteiger charge is 2.52. The molecule has 5 fully saturated rings. The number of aromatic nitrogens is 2. The molecule has 1 heterocycles. The normalized spacial score (nSPS) is 42.3. The van der Waals surface area contributed by atoms with E-state index in [9.17, 15) is 0 Å². The molecule has 0 spiro atoms. The van der Waals surface area contributed by atoms with E-state index >= 15 is 0 Å². The number of hydrogen-bond acceptors (Lipinski definition) is 2. The lowest BCUT2D eigenvalue weighted by atomic mass is 9.49. The summed E-state index contributed by atoms with van der Waals surface area (Å²) in [5, 5.41) is 3.59. The first kappa shape index (κ1) is 11.8. The number of rotatable bonds is 4. The molecule has 4 bridgehead atoms. The molecule has 2 N–H and O–H groups in total. The molecule has 0 saturated heterocycles. The molecule has 6 rings (SSSR count). The first-order valence-electron chi connectivity index (χ1n) is 8.57. The highest BCUT2D eigenvalue weighted by molar-refractivity contribution is 5.19. The molecule has 20 heavy (non-hydrogen) atoms. The van der Waals surface area contributed by atoms with Crippen molar-refractivity contribution in [2.24, 2.45) is 17.8 Å². The van der Waals surface area contributed by atoms with Gasteiger partial charge in [0.1, 0.15) is 5.82 Å². The number of nitrogens with one attached hydrogen (secondary N) is 2. The van der Waals surface area contributed by atoms with Gasteiger partial charge in [-0.1, -0.05) is 0 Å². The van der Waals surface area contributed by atoms with Crippen molar-refractivity contribution >= 4 is 0 Å². The number of H-pyrrole nitrogens is 1. The molecular formula is C17H25N3. The van der Waals surface area contributed by atoms with Crippen LogP contribution in [0.15, 0.2) is 6.20 Å². The van der Waals surface area contributed by atoms with Gasteiger partial charge in [-0.2, -0.15) is 0 Å². The molecule has 5 aliphatic rings. The van der Waals surface area contributed by atoms with Crippen LogP contribution < -0.4 is 5.32 Å². The predicted molar refractivity (Wildman–Crippen MR) is 78.3 cm³/mol. The predicted octanol–water partition coefficient (Wildman–Crippen LogP) is 3.13. The second-order valence-corrected chi connectivity index (χ2v) is 8.11. The van der Waals surface area contributed by atoms with E-state index < -0.39 is 0 Å². The van der Waals surface area contributed by atoms with Crippen LogP contribution in [0.3, 0.4) is 0 Å². The molecule has 0 unspecified atom stereocenters. The van der Waals surface area contributed by atoms with E-state index in [1.54, 1.807) is 0 Å². The minimum atomic E-state index is 0.423. The van der Waals surface area contributed by atoms with E-state index in [-0.39, 0.29) is 0 Å². The summed E-state index contributed by atoms with van der Waals surface area (Å²) in [5.41, 5.74) is 1.72. The summed E-state index contributed by atoms with van der Waals surface area (Å²) >= 11 is 0. The first-order valence-corrected chi connectivity index (χ1v) is 8.57. The highest BCUT2D eigenvalue weighted by atomic mass is 15.0. The minimum Gasteiger partial charge on any atom is -0.344 e. The van der Waals surface area contributed by atoms with Gasteiger partial charge in [0.05, 0.1) is 0 Å². The van der Waals surface area contributed by atoms with Crippen molar-refractivity contribution in [1.82, 2.24) is 15.3 Å². The zero-order valence-corrected chi connectivity index (χ0v) is 12.2. The zero-order valence-electron chi connectivity index (χ0n) is 12.2. The van der Waals surface area contributed by atoms with E-state index in [0.29, 0.717) is 5.41 Å². The smallest absolute Gasteiger partial charge is 0.112 e. The van der Waals surface area contributed by atoms with Crippen LogP contribution in [0.4, 0.5) is 0 Å². The second-order valence-electron chi connectivity index (χ2n) is 8.11. The maximum Gasteiger partial charge on any atom is 0.112 e. The lowest BCUT2D eigenvalue weighted by Crippen LogP contribution is -2.49. The fraction of sp³-hybridized carbons (Fsp3) is 0.824. The van der Waals surface area contributed by atoms with E-state index in [2.05, 4.69) is 16.5 Å². The Balaban J connectivity index is 1.38. The van der Waals surface area contributed by atoms with Gasteiger partial charge in [0, 0.05) is 29.9 Å². The van der Waals surface area contributed by atoms with Gasteiger partial charge in [-0.25, -0.2) is 4.98 Å². The van der Waals surface area contributed by atoms with Crippen molar-refractivity contribution < 1.29 is 0 Å². The lowest BCUT2D eigenvalue weighted by Gasteiger charge is -2.56. The van der Waals surface area contributed by atoms with E-state index in [1.807, 2.05) is 0 Å². The second kappa shape index (κ2) is 4.09. The summed E-state index contributed by atoms with van der Waals surface area (Å²) in [6.07, 6.45) is 13.5. The topological polar surface area (TPSA) is 40.7 Å². The Kier molecular flexibility index (Phi) is 2.41. The summed E-state index contributed by atoms with van der Waals surface area (Å²) in [5.74, 6) is 4.32. The summed E-state index contributed by atoms with van der Waals surface area (Å²) < 4.78 is 0. The van der Waals surface area contributed by atoms with Crippen LogP contribution in [0.2, 0.25) is 0 Å². The third kappa shape index (κ3) is 1.86. The summed E-state index contributed by atoms with van der Waals surface area (Å²) in [4.78, 5) is 8.49. The van der Waals surface area contributed by atoms with E-state index in [4.69, 9.17) is 4.98 Å². The fourth-order valence-corrected chi connectivity index (χ4v) is 5.66. The van der Waals surface area contributed by atoms with Gasteiger partial charge in [-0.15, -0.1) is 0 Å². The van der Waals surface area contributed by atoms with E-state index in [0.717, 1.165) is 30.3 Å². The average Bonchev–Trinajstić information content (AvgIpc) is 3.11. The van der Waals surface area contributed by atoms with Crippen molar-refractivity contribution in [3.8, 4) is 0 Å². The van der Waals surface area contributed by atoms with Crippen molar-refractivity contribution in [2.75, 3.05) is 0 Å². The molecule has 1 aromatic rings. The Morgan fingerprint density at radius 2 is 1.75 bits per heavy atom. The third-order valence-corrected chi connectivity index (χ3v) is 6.33. The quantitative estimate of drug-likeness (QED) is 0.883. The Morgan fingerprint density at radius 3 is 2.35 bits per heavy atom. The molecule has 0 radical (unpaired) electrons. The maximum atomic E-state index is 4.81. The molecule has 0 aliphatic heterocycles. The summed E-state index contributed by atoms with van der Waals surface area (Å²) in [7, 11) is 0. The molecule has 3 nitrogen and oxygen atoms in total. The molecule has 5 saturated carbocycles. The lowest BCUT2D eigenvalue weighted by molar-refractivity contribution is -0.00905.